The number of carbonyl (C=O) groups excluding carboxylic acids is 1. The SMILES string of the molecule is CCCC1CCN(C(=O)C2COCC2N)C1. The summed E-state index contributed by atoms with van der Waals surface area (Å²) < 4.78 is 5.25. The van der Waals surface area contributed by atoms with E-state index in [1.54, 1.807) is 0 Å². The maximum Gasteiger partial charge on any atom is 0.229 e. The molecule has 0 aromatic rings. The highest BCUT2D eigenvalue weighted by molar-refractivity contribution is 5.80. The zero-order valence-corrected chi connectivity index (χ0v) is 10.0. The Morgan fingerprint density at radius 1 is 1.50 bits per heavy atom. The van der Waals surface area contributed by atoms with E-state index >= 15 is 0 Å². The molecule has 0 radical (unpaired) electrons. The molecule has 0 aromatic heterocycles. The Kier molecular flexibility index (Phi) is 3.82. The summed E-state index contributed by atoms with van der Waals surface area (Å²) in [5.74, 6) is 0.816. The quantitative estimate of drug-likeness (QED) is 0.767. The van der Waals surface area contributed by atoms with Crippen LogP contribution in [0, 0.1) is 11.8 Å². The zero-order valence-electron chi connectivity index (χ0n) is 10.0. The highest BCUT2D eigenvalue weighted by Crippen LogP contribution is 2.24. The molecular formula is C12H22N2O2. The molecular weight excluding hydrogens is 204 g/mol. The van der Waals surface area contributed by atoms with Crippen molar-refractivity contribution in [3.05, 3.63) is 0 Å². The molecule has 0 bridgehead atoms. The maximum absolute atomic E-state index is 12.2. The Hall–Kier alpha value is -0.610. The van der Waals surface area contributed by atoms with Crippen molar-refractivity contribution < 1.29 is 9.53 Å². The number of carbonyl (C=O) groups is 1. The van der Waals surface area contributed by atoms with Gasteiger partial charge in [0.05, 0.1) is 19.1 Å². The standard InChI is InChI=1S/C12H22N2O2/c1-2-3-9-4-5-14(6-9)12(15)10-7-16-8-11(10)13/h9-11H,2-8,13H2,1H3. The largest absolute Gasteiger partial charge is 0.379 e. The predicted octanol–water partition coefficient (Wildman–Crippen LogP) is 0.609. The van der Waals surface area contributed by atoms with E-state index < -0.39 is 0 Å². The number of ether oxygens (including phenoxy) is 1. The average molecular weight is 226 g/mol. The van der Waals surface area contributed by atoms with Gasteiger partial charge in [-0.1, -0.05) is 13.3 Å². The third-order valence-electron chi connectivity index (χ3n) is 3.74. The normalized spacial score (nSPS) is 34.6. The summed E-state index contributed by atoms with van der Waals surface area (Å²) >= 11 is 0. The van der Waals surface area contributed by atoms with Crippen molar-refractivity contribution >= 4 is 5.91 Å². The lowest BCUT2D eigenvalue weighted by atomic mass is 10.0. The van der Waals surface area contributed by atoms with Gasteiger partial charge in [0.25, 0.3) is 0 Å². The number of nitrogens with two attached hydrogens (primary N) is 1. The molecule has 2 aliphatic heterocycles. The van der Waals surface area contributed by atoms with Crippen molar-refractivity contribution in [2.24, 2.45) is 17.6 Å². The maximum atomic E-state index is 12.2. The monoisotopic (exact) mass is 226 g/mol. The second-order valence-corrected chi connectivity index (χ2v) is 5.04. The first-order valence-electron chi connectivity index (χ1n) is 6.34. The zero-order chi connectivity index (χ0) is 11.5. The summed E-state index contributed by atoms with van der Waals surface area (Å²) in [6.45, 7) is 5.07. The van der Waals surface area contributed by atoms with Crippen LogP contribution in [-0.2, 0) is 9.53 Å². The molecule has 2 rings (SSSR count). The summed E-state index contributed by atoms with van der Waals surface area (Å²) in [6, 6.07) is -0.0993. The summed E-state index contributed by atoms with van der Waals surface area (Å²) in [5.41, 5.74) is 5.87. The minimum absolute atomic E-state index is 0.0969. The van der Waals surface area contributed by atoms with Crippen LogP contribution in [0.4, 0.5) is 0 Å². The molecule has 4 nitrogen and oxygen atoms in total. The second-order valence-electron chi connectivity index (χ2n) is 5.04. The summed E-state index contributed by atoms with van der Waals surface area (Å²) in [6.07, 6.45) is 3.60. The minimum Gasteiger partial charge on any atom is -0.379 e. The molecule has 16 heavy (non-hydrogen) atoms. The van der Waals surface area contributed by atoms with E-state index in [0.29, 0.717) is 19.1 Å². The summed E-state index contributed by atoms with van der Waals surface area (Å²) in [5, 5.41) is 0. The Morgan fingerprint density at radius 2 is 2.31 bits per heavy atom. The van der Waals surface area contributed by atoms with Gasteiger partial charge < -0.3 is 15.4 Å². The number of hydrogen-bond donors (Lipinski definition) is 1. The van der Waals surface area contributed by atoms with Crippen LogP contribution in [0.25, 0.3) is 0 Å². The van der Waals surface area contributed by atoms with Crippen molar-refractivity contribution in [2.75, 3.05) is 26.3 Å². The van der Waals surface area contributed by atoms with Crippen molar-refractivity contribution in [2.45, 2.75) is 32.2 Å². The van der Waals surface area contributed by atoms with E-state index in [1.807, 2.05) is 4.90 Å². The molecule has 3 unspecified atom stereocenters. The van der Waals surface area contributed by atoms with Crippen LogP contribution in [0.3, 0.4) is 0 Å². The third-order valence-corrected chi connectivity index (χ3v) is 3.74. The lowest BCUT2D eigenvalue weighted by molar-refractivity contribution is -0.134. The fraction of sp³-hybridized carbons (Fsp3) is 0.917. The van der Waals surface area contributed by atoms with Gasteiger partial charge in [0.2, 0.25) is 5.91 Å². The number of likely N-dealkylation sites (tertiary alicyclic amines) is 1. The van der Waals surface area contributed by atoms with E-state index in [-0.39, 0.29) is 17.9 Å². The van der Waals surface area contributed by atoms with Gasteiger partial charge in [-0.2, -0.15) is 0 Å². The molecule has 3 atom stereocenters. The van der Waals surface area contributed by atoms with Gasteiger partial charge in [-0.25, -0.2) is 0 Å². The van der Waals surface area contributed by atoms with Crippen molar-refractivity contribution in [3.63, 3.8) is 0 Å². The second kappa shape index (κ2) is 5.15. The fourth-order valence-electron chi connectivity index (χ4n) is 2.74. The van der Waals surface area contributed by atoms with Gasteiger partial charge in [0, 0.05) is 19.1 Å². The molecule has 2 N–H and O–H groups in total. The van der Waals surface area contributed by atoms with E-state index in [2.05, 4.69) is 6.92 Å². The van der Waals surface area contributed by atoms with E-state index in [1.165, 1.54) is 12.8 Å². The molecule has 0 aromatic carbocycles. The molecule has 2 aliphatic rings. The Balaban J connectivity index is 1.86. The van der Waals surface area contributed by atoms with Crippen LogP contribution in [0.5, 0.6) is 0 Å². The van der Waals surface area contributed by atoms with Gasteiger partial charge in [-0.05, 0) is 18.8 Å². The number of amides is 1. The molecule has 2 fully saturated rings. The topological polar surface area (TPSA) is 55.6 Å². The van der Waals surface area contributed by atoms with Crippen LogP contribution in [0.15, 0.2) is 0 Å². The first-order chi connectivity index (χ1) is 7.72. The van der Waals surface area contributed by atoms with Crippen LogP contribution >= 0.6 is 0 Å². The van der Waals surface area contributed by atoms with Crippen LogP contribution in [-0.4, -0.2) is 43.2 Å². The lowest BCUT2D eigenvalue weighted by Gasteiger charge is -2.21. The molecule has 0 spiro atoms. The highest BCUT2D eigenvalue weighted by atomic mass is 16.5. The Morgan fingerprint density at radius 3 is 2.94 bits per heavy atom. The summed E-state index contributed by atoms with van der Waals surface area (Å²) in [4.78, 5) is 14.2. The molecule has 4 heteroatoms. The number of hydrogen-bond acceptors (Lipinski definition) is 3. The van der Waals surface area contributed by atoms with Gasteiger partial charge in [0.1, 0.15) is 0 Å². The number of rotatable bonds is 3. The fourth-order valence-corrected chi connectivity index (χ4v) is 2.74. The van der Waals surface area contributed by atoms with Crippen LogP contribution in [0.1, 0.15) is 26.2 Å². The minimum atomic E-state index is -0.0993. The van der Waals surface area contributed by atoms with Crippen molar-refractivity contribution in [3.8, 4) is 0 Å². The molecule has 1 amide bonds. The van der Waals surface area contributed by atoms with Gasteiger partial charge >= 0.3 is 0 Å². The number of nitrogens with zero attached hydrogens (tertiary/aromatic N) is 1. The Bertz CT molecular complexity index is 257. The van der Waals surface area contributed by atoms with Gasteiger partial charge in [0.15, 0.2) is 0 Å². The molecule has 0 saturated carbocycles. The van der Waals surface area contributed by atoms with Crippen LogP contribution in [0.2, 0.25) is 0 Å². The highest BCUT2D eigenvalue weighted by Gasteiger charge is 2.36. The first kappa shape index (κ1) is 11.9. The summed E-state index contributed by atoms with van der Waals surface area (Å²) in [7, 11) is 0. The Labute approximate surface area is 97.1 Å². The van der Waals surface area contributed by atoms with Crippen molar-refractivity contribution in [1.82, 2.24) is 4.90 Å². The van der Waals surface area contributed by atoms with Crippen LogP contribution < -0.4 is 5.73 Å². The van der Waals surface area contributed by atoms with E-state index in [9.17, 15) is 4.79 Å². The first-order valence-corrected chi connectivity index (χ1v) is 6.34. The van der Waals surface area contributed by atoms with Crippen molar-refractivity contribution in [1.29, 1.82) is 0 Å². The third kappa shape index (κ3) is 2.38. The molecule has 92 valence electrons. The molecule has 2 heterocycles. The molecule has 0 aliphatic carbocycles. The van der Waals surface area contributed by atoms with E-state index in [4.69, 9.17) is 10.5 Å². The van der Waals surface area contributed by atoms with E-state index in [0.717, 1.165) is 19.5 Å². The average Bonchev–Trinajstić information content (AvgIpc) is 2.87. The lowest BCUT2D eigenvalue weighted by Crippen LogP contribution is -2.42. The molecule has 2 saturated heterocycles. The van der Waals surface area contributed by atoms with Gasteiger partial charge in [-0.3, -0.25) is 4.79 Å². The van der Waals surface area contributed by atoms with Gasteiger partial charge in [-0.15, -0.1) is 0 Å². The smallest absolute Gasteiger partial charge is 0.229 e. The predicted molar refractivity (Wildman–Crippen MR) is 61.9 cm³/mol.